The van der Waals surface area contributed by atoms with Crippen LogP contribution in [0.4, 0.5) is 0 Å². The molecule has 0 aliphatic heterocycles. The largest absolute Gasteiger partial charge is 0.460 e. The van der Waals surface area contributed by atoms with Crippen molar-refractivity contribution in [3.8, 4) is 33.4 Å². The quantitative estimate of drug-likeness (QED) is 0.188. The summed E-state index contributed by atoms with van der Waals surface area (Å²) in [5.74, 6) is 0. The van der Waals surface area contributed by atoms with Gasteiger partial charge in [0.1, 0.15) is 5.58 Å². The molecule has 0 radical (unpaired) electrons. The summed E-state index contributed by atoms with van der Waals surface area (Å²) in [4.78, 5) is 0. The smallest absolute Gasteiger partial charge is 0.178 e. The third-order valence-electron chi connectivity index (χ3n) is 8.43. The van der Waals surface area contributed by atoms with Crippen molar-refractivity contribution in [2.75, 3.05) is 0 Å². The number of benzene rings is 8. The highest BCUT2D eigenvalue weighted by Gasteiger charge is 2.20. The number of rotatable bonds is 3. The molecule has 0 fully saturated rings. The van der Waals surface area contributed by atoms with E-state index in [1.54, 1.807) is 24.5 Å². The van der Waals surface area contributed by atoms with Gasteiger partial charge < -0.3 is 8.83 Å². The van der Waals surface area contributed by atoms with Crippen LogP contribution in [0.3, 0.4) is 0 Å². The summed E-state index contributed by atoms with van der Waals surface area (Å²) in [5.41, 5.74) is 2.55. The summed E-state index contributed by atoms with van der Waals surface area (Å²) < 4.78 is 146. The molecule has 2 aromatic heterocycles. The maximum atomic E-state index is 9.43. The van der Waals surface area contributed by atoms with Crippen molar-refractivity contribution in [2.24, 2.45) is 0 Å². The van der Waals surface area contributed by atoms with Crippen molar-refractivity contribution < 1.29 is 29.4 Å². The predicted octanol–water partition coefficient (Wildman–Crippen LogP) is 12.8. The Hall–Kier alpha value is -6.12. The summed E-state index contributed by atoms with van der Waals surface area (Å²) >= 11 is 0. The van der Waals surface area contributed by atoms with Gasteiger partial charge in [0.15, 0.2) is 11.2 Å². The lowest BCUT2D eigenvalue weighted by Crippen LogP contribution is -1.91. The minimum Gasteiger partial charge on any atom is -0.460 e. The highest BCUT2D eigenvalue weighted by atomic mass is 16.4. The summed E-state index contributed by atoms with van der Waals surface area (Å²) in [7, 11) is 0. The second kappa shape index (κ2) is 9.69. The van der Waals surface area contributed by atoms with Gasteiger partial charge in [0, 0.05) is 21.7 Å². The molecule has 0 amide bonds. The normalized spacial score (nSPS) is 16.5. The fraction of sp³-hybridized carbons (Fsp3) is 0. The van der Waals surface area contributed by atoms with Gasteiger partial charge in [0.05, 0.1) is 26.8 Å². The minimum absolute atomic E-state index is 0.00121. The van der Waals surface area contributed by atoms with Gasteiger partial charge in [-0.15, -0.1) is 0 Å². The van der Waals surface area contributed by atoms with Crippen molar-refractivity contribution in [3.63, 3.8) is 0 Å². The Morgan fingerprint density at radius 2 is 1.11 bits per heavy atom. The lowest BCUT2D eigenvalue weighted by Gasteiger charge is -2.18. The Labute approximate surface area is 285 Å². The fourth-order valence-electron chi connectivity index (χ4n) is 6.39. The Kier molecular flexibility index (Phi) is 3.11. The van der Waals surface area contributed by atoms with Gasteiger partial charge in [-0.1, -0.05) is 121 Å². The van der Waals surface area contributed by atoms with Crippen molar-refractivity contribution in [1.29, 1.82) is 0 Å². The standard InChI is InChI=1S/C44H26O2/c1-2-11-28(12-3-1)39-26-45-43-37(39)22-21-36-38-25-31(20-23-40(38)46-44(36)43)42-34-16-8-6-14-32(34)41(33-15-7-9-17-35(33)42)30-19-18-27-10-4-5-13-29(27)24-30/h1-26H/i4D,5D,6D,7D,8D,9D,10D,13D,14D,15D,16D,17D,18D,19D,24D. The third-order valence-corrected chi connectivity index (χ3v) is 8.43. The zero-order valence-corrected chi connectivity index (χ0v) is 23.7. The van der Waals surface area contributed by atoms with Gasteiger partial charge in [-0.25, -0.2) is 0 Å². The molecule has 0 saturated heterocycles. The molecule has 2 heterocycles. The van der Waals surface area contributed by atoms with Crippen LogP contribution in [0.25, 0.3) is 98.6 Å². The van der Waals surface area contributed by atoms with Crippen LogP contribution >= 0.6 is 0 Å². The van der Waals surface area contributed by atoms with E-state index in [1.165, 1.54) is 0 Å². The Morgan fingerprint density at radius 1 is 0.457 bits per heavy atom. The van der Waals surface area contributed by atoms with Gasteiger partial charge in [-0.2, -0.15) is 0 Å². The molecule has 46 heavy (non-hydrogen) atoms. The summed E-state index contributed by atoms with van der Waals surface area (Å²) in [6.45, 7) is 0. The first-order valence-electron chi connectivity index (χ1n) is 21.9. The topological polar surface area (TPSA) is 26.3 Å². The van der Waals surface area contributed by atoms with Gasteiger partial charge in [-0.3, -0.25) is 0 Å². The molecule has 0 atom stereocenters. The van der Waals surface area contributed by atoms with E-state index in [-0.39, 0.29) is 38.2 Å². The molecule has 2 heteroatoms. The minimum atomic E-state index is -0.747. The summed E-state index contributed by atoms with van der Waals surface area (Å²) in [6.07, 6.45) is 1.65. The molecule has 8 aromatic carbocycles. The van der Waals surface area contributed by atoms with E-state index in [0.29, 0.717) is 27.5 Å². The Bertz CT molecular complexity index is 3570. The second-order valence-corrected chi connectivity index (χ2v) is 10.9. The van der Waals surface area contributed by atoms with Crippen LogP contribution in [0.15, 0.2) is 166 Å². The molecule has 0 spiro atoms. The number of fused-ring (bicyclic) bond motifs is 8. The van der Waals surface area contributed by atoms with Gasteiger partial charge in [0.2, 0.25) is 0 Å². The van der Waals surface area contributed by atoms with E-state index in [2.05, 4.69) is 0 Å². The fourth-order valence-corrected chi connectivity index (χ4v) is 6.39. The molecule has 214 valence electrons. The summed E-state index contributed by atoms with van der Waals surface area (Å²) in [6, 6.07) is 8.26. The zero-order valence-electron chi connectivity index (χ0n) is 38.7. The molecule has 10 aromatic rings. The van der Waals surface area contributed by atoms with Crippen molar-refractivity contribution >= 4 is 65.2 Å². The van der Waals surface area contributed by atoms with E-state index >= 15 is 0 Å². The SMILES string of the molecule is [2H]c1c([2H])c([2H])c2c([2H])c(-c3c4c([2H])c([2H])c([2H])c([2H])c4c(-c4ccc5oc6c(ccc7c(-c8ccccc8)coc76)c5c4)c4c([2H])c([2H])c([2H])c([2H])c34)c([2H])c([2H])c2c1[2H]. The number of furan rings is 2. The first-order chi connectivity index (χ1) is 29.1. The van der Waals surface area contributed by atoms with E-state index in [0.717, 1.165) is 16.5 Å². The van der Waals surface area contributed by atoms with Crippen LogP contribution in [0.2, 0.25) is 0 Å². The third kappa shape index (κ3) is 3.65. The molecule has 0 aliphatic rings. The van der Waals surface area contributed by atoms with E-state index in [4.69, 9.17) is 21.2 Å². The van der Waals surface area contributed by atoms with E-state index in [9.17, 15) is 8.22 Å². The first kappa shape index (κ1) is 14.8. The van der Waals surface area contributed by atoms with Crippen LogP contribution in [-0.2, 0) is 0 Å². The molecular weight excluding hydrogens is 560 g/mol. The average Bonchev–Trinajstić information content (AvgIpc) is 3.87. The highest BCUT2D eigenvalue weighted by molar-refractivity contribution is 6.23. The molecule has 0 N–H and O–H groups in total. The molecule has 0 bridgehead atoms. The maximum Gasteiger partial charge on any atom is 0.178 e. The van der Waals surface area contributed by atoms with Crippen LogP contribution in [0.1, 0.15) is 20.6 Å². The predicted molar refractivity (Wildman–Crippen MR) is 192 cm³/mol. The number of hydrogen-bond acceptors (Lipinski definition) is 2. The molecule has 10 rings (SSSR count). The highest BCUT2D eigenvalue weighted by Crippen LogP contribution is 2.46. The van der Waals surface area contributed by atoms with E-state index in [1.807, 2.05) is 42.5 Å². The zero-order chi connectivity index (χ0) is 43.2. The molecule has 0 saturated carbocycles. The lowest BCUT2D eigenvalue weighted by atomic mass is 9.85. The van der Waals surface area contributed by atoms with Crippen LogP contribution in [0, 0.1) is 0 Å². The average molecular weight is 602 g/mol. The first-order valence-corrected chi connectivity index (χ1v) is 14.4. The monoisotopic (exact) mass is 601 g/mol. The van der Waals surface area contributed by atoms with Crippen LogP contribution in [0.5, 0.6) is 0 Å². The van der Waals surface area contributed by atoms with Crippen molar-refractivity contribution in [1.82, 2.24) is 0 Å². The van der Waals surface area contributed by atoms with Gasteiger partial charge >= 0.3 is 0 Å². The van der Waals surface area contributed by atoms with Crippen LogP contribution < -0.4 is 0 Å². The second-order valence-electron chi connectivity index (χ2n) is 10.9. The van der Waals surface area contributed by atoms with Crippen molar-refractivity contribution in [2.45, 2.75) is 0 Å². The Balaban J connectivity index is 1.39. The van der Waals surface area contributed by atoms with Gasteiger partial charge in [-0.05, 0) is 90.4 Å². The van der Waals surface area contributed by atoms with Crippen molar-refractivity contribution in [3.05, 3.63) is 158 Å². The summed E-state index contributed by atoms with van der Waals surface area (Å²) in [5, 5.41) is 0.109. The number of hydrogen-bond donors (Lipinski definition) is 0. The molecule has 2 nitrogen and oxygen atoms in total. The molecular formula is C44H26O2. The Morgan fingerprint density at radius 3 is 1.85 bits per heavy atom. The van der Waals surface area contributed by atoms with E-state index < -0.39 is 107 Å². The maximum absolute atomic E-state index is 9.43. The lowest BCUT2D eigenvalue weighted by molar-refractivity contribution is 0.600. The molecule has 0 aliphatic carbocycles. The van der Waals surface area contributed by atoms with Gasteiger partial charge in [0.25, 0.3) is 0 Å². The molecule has 0 unspecified atom stereocenters. The van der Waals surface area contributed by atoms with Crippen LogP contribution in [-0.4, -0.2) is 0 Å².